The average Bonchev–Trinajstić information content (AvgIpc) is 2.21. The number of nitrogens with two attached hydrogens (primary N) is 1. The minimum absolute atomic E-state index is 0.0884. The van der Waals surface area contributed by atoms with Gasteiger partial charge in [-0.1, -0.05) is 0 Å². The fourth-order valence-electron chi connectivity index (χ4n) is 1.99. The molecule has 0 aromatic rings. The number of carbonyl (C=O) groups excluding carboxylic acids is 1. The molecule has 88 valence electrons. The standard InChI is InChI=1S/C11H23N3O/c1-14-8-4-10(5-9-14)3-7-13-11(15)2-6-12/h10H,2-9,12H2,1H3,(H,13,15). The first-order valence-corrected chi connectivity index (χ1v) is 5.87. The summed E-state index contributed by atoms with van der Waals surface area (Å²) in [5.41, 5.74) is 5.29. The molecule has 4 nitrogen and oxygen atoms in total. The molecule has 0 unspecified atom stereocenters. The Bertz CT molecular complexity index is 188. The lowest BCUT2D eigenvalue weighted by molar-refractivity contribution is -0.120. The van der Waals surface area contributed by atoms with E-state index in [9.17, 15) is 4.79 Å². The zero-order valence-electron chi connectivity index (χ0n) is 9.67. The molecule has 1 amide bonds. The second-order valence-electron chi connectivity index (χ2n) is 4.42. The van der Waals surface area contributed by atoms with Crippen molar-refractivity contribution in [3.8, 4) is 0 Å². The second kappa shape index (κ2) is 6.80. The van der Waals surface area contributed by atoms with Crippen LogP contribution in [0.25, 0.3) is 0 Å². The van der Waals surface area contributed by atoms with E-state index < -0.39 is 0 Å². The maximum Gasteiger partial charge on any atom is 0.221 e. The molecule has 1 aliphatic heterocycles. The Kier molecular flexibility index (Phi) is 5.65. The Morgan fingerprint density at radius 2 is 2.13 bits per heavy atom. The van der Waals surface area contributed by atoms with Gasteiger partial charge in [0.1, 0.15) is 0 Å². The van der Waals surface area contributed by atoms with Crippen molar-refractivity contribution in [2.75, 3.05) is 33.2 Å². The third kappa shape index (κ3) is 5.14. The van der Waals surface area contributed by atoms with Crippen LogP contribution in [0.15, 0.2) is 0 Å². The molecule has 0 radical (unpaired) electrons. The second-order valence-corrected chi connectivity index (χ2v) is 4.42. The summed E-state index contributed by atoms with van der Waals surface area (Å²) in [6.07, 6.45) is 4.10. The largest absolute Gasteiger partial charge is 0.356 e. The zero-order valence-corrected chi connectivity index (χ0v) is 9.67. The summed E-state index contributed by atoms with van der Waals surface area (Å²) in [6.45, 7) is 3.65. The van der Waals surface area contributed by atoms with Gasteiger partial charge in [0.15, 0.2) is 0 Å². The van der Waals surface area contributed by atoms with Crippen LogP contribution in [-0.2, 0) is 4.79 Å². The Morgan fingerprint density at radius 3 is 2.73 bits per heavy atom. The highest BCUT2D eigenvalue weighted by atomic mass is 16.1. The van der Waals surface area contributed by atoms with Crippen molar-refractivity contribution in [3.05, 3.63) is 0 Å². The first-order valence-electron chi connectivity index (χ1n) is 5.87. The van der Waals surface area contributed by atoms with E-state index >= 15 is 0 Å². The third-order valence-electron chi connectivity index (χ3n) is 3.08. The van der Waals surface area contributed by atoms with E-state index in [0.29, 0.717) is 13.0 Å². The minimum atomic E-state index is 0.0884. The molecule has 0 atom stereocenters. The molecule has 1 aliphatic rings. The van der Waals surface area contributed by atoms with Crippen molar-refractivity contribution >= 4 is 5.91 Å². The van der Waals surface area contributed by atoms with Gasteiger partial charge in [-0.3, -0.25) is 4.79 Å². The number of hydrogen-bond donors (Lipinski definition) is 2. The summed E-state index contributed by atoms with van der Waals surface area (Å²) in [5, 5.41) is 2.91. The SMILES string of the molecule is CN1CCC(CCNC(=O)CCN)CC1. The fraction of sp³-hybridized carbons (Fsp3) is 0.909. The van der Waals surface area contributed by atoms with Crippen molar-refractivity contribution in [1.29, 1.82) is 0 Å². The molecule has 3 N–H and O–H groups in total. The molecule has 0 aliphatic carbocycles. The molecule has 1 saturated heterocycles. The topological polar surface area (TPSA) is 58.4 Å². The van der Waals surface area contributed by atoms with E-state index in [1.54, 1.807) is 0 Å². The van der Waals surface area contributed by atoms with Gasteiger partial charge in [0.25, 0.3) is 0 Å². The van der Waals surface area contributed by atoms with Crippen LogP contribution in [0, 0.1) is 5.92 Å². The number of amides is 1. The number of carbonyl (C=O) groups is 1. The van der Waals surface area contributed by atoms with Crippen molar-refractivity contribution in [2.45, 2.75) is 25.7 Å². The molecular formula is C11H23N3O. The maximum absolute atomic E-state index is 11.1. The minimum Gasteiger partial charge on any atom is -0.356 e. The Morgan fingerprint density at radius 1 is 1.47 bits per heavy atom. The first-order chi connectivity index (χ1) is 7.22. The summed E-state index contributed by atoms with van der Waals surface area (Å²) in [4.78, 5) is 13.5. The van der Waals surface area contributed by atoms with Gasteiger partial charge in [-0.05, 0) is 45.3 Å². The monoisotopic (exact) mass is 213 g/mol. The third-order valence-corrected chi connectivity index (χ3v) is 3.08. The number of rotatable bonds is 5. The summed E-state index contributed by atoms with van der Waals surface area (Å²) >= 11 is 0. The summed E-state index contributed by atoms with van der Waals surface area (Å²) in [7, 11) is 2.17. The average molecular weight is 213 g/mol. The maximum atomic E-state index is 11.1. The molecule has 4 heteroatoms. The summed E-state index contributed by atoms with van der Waals surface area (Å²) in [5.74, 6) is 0.879. The quantitative estimate of drug-likeness (QED) is 0.685. The van der Waals surface area contributed by atoms with Crippen LogP contribution in [0.2, 0.25) is 0 Å². The van der Waals surface area contributed by atoms with Crippen LogP contribution in [0.4, 0.5) is 0 Å². The van der Waals surface area contributed by atoms with E-state index in [2.05, 4.69) is 17.3 Å². The van der Waals surface area contributed by atoms with Crippen molar-refractivity contribution < 1.29 is 4.79 Å². The first kappa shape index (κ1) is 12.5. The predicted octanol–water partition coefficient (Wildman–Crippen LogP) is 0.183. The van der Waals surface area contributed by atoms with Crippen molar-refractivity contribution in [3.63, 3.8) is 0 Å². The van der Waals surface area contributed by atoms with Gasteiger partial charge in [-0.2, -0.15) is 0 Å². The molecule has 0 aromatic heterocycles. The van der Waals surface area contributed by atoms with Crippen LogP contribution in [0.3, 0.4) is 0 Å². The van der Waals surface area contributed by atoms with Crippen LogP contribution in [0.1, 0.15) is 25.7 Å². The smallest absolute Gasteiger partial charge is 0.221 e. The van der Waals surface area contributed by atoms with E-state index in [4.69, 9.17) is 5.73 Å². The molecule has 0 bridgehead atoms. The summed E-state index contributed by atoms with van der Waals surface area (Å²) < 4.78 is 0. The number of piperidine rings is 1. The van der Waals surface area contributed by atoms with Gasteiger partial charge in [0.05, 0.1) is 0 Å². The van der Waals surface area contributed by atoms with Gasteiger partial charge in [0, 0.05) is 19.5 Å². The van der Waals surface area contributed by atoms with E-state index in [1.165, 1.54) is 25.9 Å². The Labute approximate surface area is 92.2 Å². The normalized spacial score (nSPS) is 19.1. The molecule has 0 aromatic carbocycles. The molecule has 15 heavy (non-hydrogen) atoms. The number of hydrogen-bond acceptors (Lipinski definition) is 3. The zero-order chi connectivity index (χ0) is 11.1. The highest BCUT2D eigenvalue weighted by molar-refractivity contribution is 5.75. The molecular weight excluding hydrogens is 190 g/mol. The van der Waals surface area contributed by atoms with Crippen LogP contribution < -0.4 is 11.1 Å². The predicted molar refractivity (Wildman–Crippen MR) is 61.5 cm³/mol. The molecule has 1 rings (SSSR count). The lowest BCUT2D eigenvalue weighted by atomic mass is 9.94. The molecule has 1 heterocycles. The Balaban J connectivity index is 2.02. The van der Waals surface area contributed by atoms with E-state index in [-0.39, 0.29) is 5.91 Å². The van der Waals surface area contributed by atoms with Gasteiger partial charge in [-0.15, -0.1) is 0 Å². The molecule has 0 saturated carbocycles. The van der Waals surface area contributed by atoms with Gasteiger partial charge >= 0.3 is 0 Å². The lowest BCUT2D eigenvalue weighted by Crippen LogP contribution is -2.33. The lowest BCUT2D eigenvalue weighted by Gasteiger charge is -2.28. The Hall–Kier alpha value is -0.610. The van der Waals surface area contributed by atoms with Gasteiger partial charge in [-0.25, -0.2) is 0 Å². The summed E-state index contributed by atoms with van der Waals surface area (Å²) in [6, 6.07) is 0. The van der Waals surface area contributed by atoms with Crippen LogP contribution in [-0.4, -0.2) is 44.0 Å². The number of likely N-dealkylation sites (tertiary alicyclic amines) is 1. The number of nitrogens with one attached hydrogen (secondary N) is 1. The van der Waals surface area contributed by atoms with Gasteiger partial charge in [0.2, 0.25) is 5.91 Å². The van der Waals surface area contributed by atoms with E-state index in [0.717, 1.165) is 18.9 Å². The number of nitrogens with zero attached hydrogens (tertiary/aromatic N) is 1. The van der Waals surface area contributed by atoms with Crippen molar-refractivity contribution in [2.24, 2.45) is 11.7 Å². The molecule has 1 fully saturated rings. The molecule has 0 spiro atoms. The van der Waals surface area contributed by atoms with E-state index in [1.807, 2.05) is 0 Å². The van der Waals surface area contributed by atoms with Crippen LogP contribution >= 0.6 is 0 Å². The fourth-order valence-corrected chi connectivity index (χ4v) is 1.99. The van der Waals surface area contributed by atoms with Gasteiger partial charge < -0.3 is 16.0 Å². The van der Waals surface area contributed by atoms with Crippen molar-refractivity contribution in [1.82, 2.24) is 10.2 Å². The highest BCUT2D eigenvalue weighted by Gasteiger charge is 2.16. The highest BCUT2D eigenvalue weighted by Crippen LogP contribution is 2.18. The van der Waals surface area contributed by atoms with Crippen LogP contribution in [0.5, 0.6) is 0 Å².